The number of hydrogen-bond acceptors (Lipinski definition) is 2. The molecule has 0 atom stereocenters. The van der Waals surface area contributed by atoms with E-state index in [1.165, 1.54) is 11.1 Å². The maximum Gasteiger partial charge on any atom is 0.122 e. The second-order valence-electron chi connectivity index (χ2n) is 3.35. The fraction of sp³-hybridized carbons (Fsp3) is 0.333. The second kappa shape index (κ2) is 6.49. The van der Waals surface area contributed by atoms with Crippen molar-refractivity contribution < 1.29 is 37.4 Å². The van der Waals surface area contributed by atoms with Crippen molar-refractivity contribution >= 4 is 5.69 Å². The van der Waals surface area contributed by atoms with Crippen molar-refractivity contribution in [2.45, 2.75) is 19.3 Å². The van der Waals surface area contributed by atoms with Gasteiger partial charge < -0.3 is 24.3 Å². The molecule has 3 heteroatoms. The first kappa shape index (κ1) is 14.9. The molecule has 1 aromatic carbocycles. The topological polar surface area (TPSA) is 35.2 Å². The van der Waals surface area contributed by atoms with E-state index in [4.69, 9.17) is 10.5 Å². The van der Waals surface area contributed by atoms with Gasteiger partial charge in [-0.25, -0.2) is 0 Å². The molecular weight excluding hydrogens is 263 g/mol. The van der Waals surface area contributed by atoms with Gasteiger partial charge in [-0.2, -0.15) is 12.8 Å². The Morgan fingerprint density at radius 3 is 2.73 bits per heavy atom. The van der Waals surface area contributed by atoms with Crippen LogP contribution in [0.3, 0.4) is 0 Å². The Morgan fingerprint density at radius 2 is 2.07 bits per heavy atom. The van der Waals surface area contributed by atoms with E-state index in [0.29, 0.717) is 0 Å². The van der Waals surface area contributed by atoms with Crippen molar-refractivity contribution in [2.24, 2.45) is 0 Å². The van der Waals surface area contributed by atoms with Crippen LogP contribution in [0, 0.1) is 13.8 Å². The molecule has 0 amide bonds. The van der Waals surface area contributed by atoms with Crippen LogP contribution in [-0.2, 0) is 45.6 Å². The SMILES string of the molecule is COc1ccc(N)c2c1CC[CH-]C2.[CH3-].[Y]. The Balaban J connectivity index is 0.000000980. The van der Waals surface area contributed by atoms with E-state index in [0.717, 1.165) is 30.7 Å². The fourth-order valence-corrected chi connectivity index (χ4v) is 1.89. The molecule has 1 aromatic rings. The van der Waals surface area contributed by atoms with E-state index in [-0.39, 0.29) is 40.1 Å². The molecule has 1 radical (unpaired) electrons. The molecule has 0 unspecified atom stereocenters. The summed E-state index contributed by atoms with van der Waals surface area (Å²) in [6.07, 6.45) is 5.45. The number of anilines is 1. The molecule has 15 heavy (non-hydrogen) atoms. The summed E-state index contributed by atoms with van der Waals surface area (Å²) in [5.74, 6) is 0.984. The van der Waals surface area contributed by atoms with E-state index < -0.39 is 0 Å². The van der Waals surface area contributed by atoms with Gasteiger partial charge in [0.1, 0.15) is 5.75 Å². The molecule has 0 aromatic heterocycles. The van der Waals surface area contributed by atoms with Crippen molar-refractivity contribution in [2.75, 3.05) is 12.8 Å². The van der Waals surface area contributed by atoms with Gasteiger partial charge in [-0.3, -0.25) is 0 Å². The first-order valence-corrected chi connectivity index (χ1v) is 4.59. The molecule has 0 spiro atoms. The third kappa shape index (κ3) is 2.95. The minimum Gasteiger partial charge on any atom is -0.496 e. The molecule has 0 heterocycles. The zero-order valence-corrected chi connectivity index (χ0v) is 12.3. The molecule has 0 bridgehead atoms. The van der Waals surface area contributed by atoms with Gasteiger partial charge >= 0.3 is 0 Å². The predicted molar refractivity (Wildman–Crippen MR) is 60.1 cm³/mol. The van der Waals surface area contributed by atoms with E-state index in [2.05, 4.69) is 6.42 Å². The Bertz CT molecular complexity index is 326. The first-order valence-electron chi connectivity index (χ1n) is 4.59. The van der Waals surface area contributed by atoms with Crippen molar-refractivity contribution in [1.29, 1.82) is 0 Å². The van der Waals surface area contributed by atoms with Crippen LogP contribution < -0.4 is 10.5 Å². The predicted octanol–water partition coefficient (Wildman–Crippen LogP) is 2.42. The molecule has 2 nitrogen and oxygen atoms in total. The zero-order valence-electron chi connectivity index (χ0n) is 9.42. The van der Waals surface area contributed by atoms with Gasteiger partial charge in [0.05, 0.1) is 7.11 Å². The van der Waals surface area contributed by atoms with Gasteiger partial charge in [0.25, 0.3) is 0 Å². The number of rotatable bonds is 1. The summed E-state index contributed by atoms with van der Waals surface area (Å²) in [6.45, 7) is 0. The van der Waals surface area contributed by atoms with Crippen molar-refractivity contribution in [3.8, 4) is 5.75 Å². The minimum absolute atomic E-state index is 0. The van der Waals surface area contributed by atoms with Gasteiger partial charge in [-0.05, 0) is 23.3 Å². The number of nitrogens with two attached hydrogens (primary N) is 1. The third-order valence-electron chi connectivity index (χ3n) is 2.59. The van der Waals surface area contributed by atoms with Gasteiger partial charge in [-0.1, -0.05) is 6.42 Å². The number of ether oxygens (including phenoxy) is 1. The summed E-state index contributed by atoms with van der Waals surface area (Å²) in [6, 6.07) is 3.89. The smallest absolute Gasteiger partial charge is 0.122 e. The maximum absolute atomic E-state index is 5.89. The standard InChI is InChI=1S/C11H14NO.CH3.Y/c1-13-11-7-6-10(12)8-4-2-3-5-9(8)11;;/h2,6-7H,3-5,12H2,1H3;1H3;/q2*-1;. The number of nitrogen functional groups attached to an aromatic ring is 1. The van der Waals surface area contributed by atoms with Crippen LogP contribution in [0.25, 0.3) is 0 Å². The normalized spacial score (nSPS) is 13.1. The van der Waals surface area contributed by atoms with E-state index in [1.807, 2.05) is 12.1 Å². The van der Waals surface area contributed by atoms with Crippen LogP contribution in [0.2, 0.25) is 0 Å². The van der Waals surface area contributed by atoms with Crippen LogP contribution in [-0.4, -0.2) is 7.11 Å². The van der Waals surface area contributed by atoms with Crippen LogP contribution in [0.4, 0.5) is 5.69 Å². The number of fused-ring (bicyclic) bond motifs is 1. The summed E-state index contributed by atoms with van der Waals surface area (Å²) in [4.78, 5) is 0. The molecule has 81 valence electrons. The van der Waals surface area contributed by atoms with E-state index in [9.17, 15) is 0 Å². The summed E-state index contributed by atoms with van der Waals surface area (Å²) in [5, 5.41) is 0. The van der Waals surface area contributed by atoms with Gasteiger partial charge in [0.15, 0.2) is 0 Å². The molecule has 0 saturated carbocycles. The third-order valence-corrected chi connectivity index (χ3v) is 2.59. The number of hydrogen-bond donors (Lipinski definition) is 1. The van der Waals surface area contributed by atoms with E-state index in [1.54, 1.807) is 7.11 Å². The first-order chi connectivity index (χ1) is 6.33. The Hall–Kier alpha value is -0.0761. The molecule has 1 aliphatic carbocycles. The summed E-state index contributed by atoms with van der Waals surface area (Å²) < 4.78 is 5.30. The van der Waals surface area contributed by atoms with Crippen LogP contribution in [0.5, 0.6) is 5.75 Å². The minimum atomic E-state index is 0. The quantitative estimate of drug-likeness (QED) is 0.633. The molecule has 2 rings (SSSR count). The number of methoxy groups -OCH3 is 1. The average molecular weight is 280 g/mol. The Morgan fingerprint density at radius 1 is 1.33 bits per heavy atom. The largest absolute Gasteiger partial charge is 0.496 e. The average Bonchev–Trinajstić information content (AvgIpc) is 2.19. The maximum atomic E-state index is 5.89. The molecule has 2 N–H and O–H groups in total. The van der Waals surface area contributed by atoms with Crippen LogP contribution in [0.1, 0.15) is 17.5 Å². The van der Waals surface area contributed by atoms with Gasteiger partial charge in [-0.15, -0.1) is 0 Å². The van der Waals surface area contributed by atoms with Crippen molar-refractivity contribution in [1.82, 2.24) is 0 Å². The molecule has 0 aliphatic heterocycles. The Labute approximate surface area is 117 Å². The monoisotopic (exact) mass is 280 g/mol. The molecule has 1 aliphatic rings. The van der Waals surface area contributed by atoms with Gasteiger partial charge in [0.2, 0.25) is 0 Å². The van der Waals surface area contributed by atoms with Crippen molar-refractivity contribution in [3.63, 3.8) is 0 Å². The number of benzene rings is 1. The fourth-order valence-electron chi connectivity index (χ4n) is 1.89. The molecular formula is C12H17NOY-2. The molecule has 0 saturated heterocycles. The van der Waals surface area contributed by atoms with Gasteiger partial charge in [0, 0.05) is 38.4 Å². The van der Waals surface area contributed by atoms with Crippen molar-refractivity contribution in [3.05, 3.63) is 37.1 Å². The van der Waals surface area contributed by atoms with Crippen LogP contribution >= 0.6 is 0 Å². The van der Waals surface area contributed by atoms with Crippen LogP contribution in [0.15, 0.2) is 12.1 Å². The molecule has 0 fully saturated rings. The summed E-state index contributed by atoms with van der Waals surface area (Å²) in [7, 11) is 1.71. The van der Waals surface area contributed by atoms with E-state index >= 15 is 0 Å². The second-order valence-corrected chi connectivity index (χ2v) is 3.35. The summed E-state index contributed by atoms with van der Waals surface area (Å²) >= 11 is 0. The Kier molecular flexibility index (Phi) is 6.46. The summed E-state index contributed by atoms with van der Waals surface area (Å²) in [5.41, 5.74) is 9.34. The zero-order chi connectivity index (χ0) is 9.26.